The fourth-order valence-corrected chi connectivity index (χ4v) is 4.00. The van der Waals surface area contributed by atoms with Crippen molar-refractivity contribution in [2.45, 2.75) is 12.8 Å². The molecule has 1 aliphatic carbocycles. The van der Waals surface area contributed by atoms with E-state index in [9.17, 15) is 14.9 Å². The van der Waals surface area contributed by atoms with Crippen LogP contribution >= 0.6 is 11.6 Å². The molecule has 0 amide bonds. The van der Waals surface area contributed by atoms with Crippen LogP contribution in [-0.2, 0) is 0 Å². The predicted octanol–water partition coefficient (Wildman–Crippen LogP) is 3.20. The van der Waals surface area contributed by atoms with Crippen molar-refractivity contribution >= 4 is 23.0 Å². The van der Waals surface area contributed by atoms with Crippen molar-refractivity contribution in [3.05, 3.63) is 68.1 Å². The van der Waals surface area contributed by atoms with E-state index in [1.165, 1.54) is 28.9 Å². The Morgan fingerprint density at radius 2 is 1.73 bits per heavy atom. The summed E-state index contributed by atoms with van der Waals surface area (Å²) in [5, 5.41) is 15.1. The molecular weight excluding hydrogens is 356 g/mol. The zero-order chi connectivity index (χ0) is 18.3. The summed E-state index contributed by atoms with van der Waals surface area (Å²) < 4.78 is 1.17. The number of benzene rings is 1. The molecule has 4 rings (SSSR count). The third-order valence-corrected chi connectivity index (χ3v) is 5.52. The smallest absolute Gasteiger partial charge is 0.292 e. The average molecular weight is 373 g/mol. The Labute approximate surface area is 154 Å². The summed E-state index contributed by atoms with van der Waals surface area (Å²) in [6.07, 6.45) is 8.17. The van der Waals surface area contributed by atoms with E-state index in [-0.39, 0.29) is 10.7 Å². The van der Waals surface area contributed by atoms with Crippen molar-refractivity contribution in [2.24, 2.45) is 11.8 Å². The zero-order valence-corrected chi connectivity index (χ0v) is 14.7. The van der Waals surface area contributed by atoms with Crippen LogP contribution in [0.4, 0.5) is 11.4 Å². The highest BCUT2D eigenvalue weighted by Crippen LogP contribution is 2.36. The molecule has 26 heavy (non-hydrogen) atoms. The molecule has 1 aliphatic heterocycles. The number of halogens is 1. The van der Waals surface area contributed by atoms with Gasteiger partial charge in [0.05, 0.1) is 22.5 Å². The van der Waals surface area contributed by atoms with E-state index in [2.05, 4.69) is 22.2 Å². The van der Waals surface area contributed by atoms with E-state index in [1.54, 1.807) is 6.20 Å². The lowest BCUT2D eigenvalue weighted by atomic mass is 9.86. The highest BCUT2D eigenvalue weighted by molar-refractivity contribution is 6.33. The van der Waals surface area contributed by atoms with Crippen LogP contribution < -0.4 is 10.5 Å². The first-order valence-corrected chi connectivity index (χ1v) is 8.85. The number of nitrogens with zero attached hydrogens (tertiary/aromatic N) is 4. The van der Waals surface area contributed by atoms with E-state index in [0.29, 0.717) is 23.2 Å². The number of nitro groups is 1. The molecule has 0 radical (unpaired) electrons. The Bertz CT molecular complexity index is 922. The molecule has 1 aromatic carbocycles. The van der Waals surface area contributed by atoms with Crippen LogP contribution in [-0.4, -0.2) is 27.8 Å². The van der Waals surface area contributed by atoms with Crippen molar-refractivity contribution in [3.63, 3.8) is 0 Å². The number of anilines is 1. The molecule has 2 unspecified atom stereocenters. The van der Waals surface area contributed by atoms with Gasteiger partial charge in [-0.05, 0) is 36.8 Å². The molecule has 0 spiro atoms. The molecule has 0 N–H and O–H groups in total. The summed E-state index contributed by atoms with van der Waals surface area (Å²) in [6.45, 7) is 1.74. The molecule has 2 aromatic rings. The van der Waals surface area contributed by atoms with E-state index < -0.39 is 10.5 Å². The first kappa shape index (κ1) is 16.8. The van der Waals surface area contributed by atoms with Crippen LogP contribution in [0.2, 0.25) is 5.02 Å². The number of allylic oxidation sites excluding steroid dienone is 2. The summed E-state index contributed by atoms with van der Waals surface area (Å²) in [6, 6.07) is 5.64. The topological polar surface area (TPSA) is 81.3 Å². The van der Waals surface area contributed by atoms with Crippen LogP contribution in [0.5, 0.6) is 0 Å². The van der Waals surface area contributed by atoms with Gasteiger partial charge in [-0.15, -0.1) is 0 Å². The Hall–Kier alpha value is -2.67. The lowest BCUT2D eigenvalue weighted by Crippen LogP contribution is -2.27. The lowest BCUT2D eigenvalue weighted by molar-refractivity contribution is -0.384. The number of hydrogen-bond acceptors (Lipinski definition) is 5. The van der Waals surface area contributed by atoms with Gasteiger partial charge in [-0.2, -0.15) is 9.78 Å². The van der Waals surface area contributed by atoms with Gasteiger partial charge >= 0.3 is 0 Å². The lowest BCUT2D eigenvalue weighted by Gasteiger charge is -2.19. The van der Waals surface area contributed by atoms with Crippen molar-refractivity contribution in [2.75, 3.05) is 18.0 Å². The second kappa shape index (κ2) is 6.57. The van der Waals surface area contributed by atoms with Crippen molar-refractivity contribution in [3.8, 4) is 5.69 Å². The maximum atomic E-state index is 12.7. The normalized spacial score (nSPS) is 21.7. The number of hydrogen-bond donors (Lipinski definition) is 0. The third-order valence-electron chi connectivity index (χ3n) is 5.17. The van der Waals surface area contributed by atoms with Gasteiger partial charge in [0.2, 0.25) is 0 Å². The molecule has 1 aromatic heterocycles. The van der Waals surface area contributed by atoms with Gasteiger partial charge in [-0.3, -0.25) is 14.9 Å². The van der Waals surface area contributed by atoms with Crippen LogP contribution in [0.1, 0.15) is 12.8 Å². The Kier molecular flexibility index (Phi) is 4.24. The minimum Gasteiger partial charge on any atom is -0.368 e. The maximum Gasteiger partial charge on any atom is 0.292 e. The summed E-state index contributed by atoms with van der Waals surface area (Å²) in [5.41, 5.74) is 0.626. The van der Waals surface area contributed by atoms with Gasteiger partial charge in [-0.25, -0.2) is 0 Å². The zero-order valence-electron chi connectivity index (χ0n) is 13.9. The first-order valence-electron chi connectivity index (χ1n) is 8.47. The average Bonchev–Trinajstić information content (AvgIpc) is 3.08. The molecule has 7 nitrogen and oxygen atoms in total. The Morgan fingerprint density at radius 1 is 1.12 bits per heavy atom. The Morgan fingerprint density at radius 3 is 2.31 bits per heavy atom. The van der Waals surface area contributed by atoms with Crippen LogP contribution in [0.3, 0.4) is 0 Å². The van der Waals surface area contributed by atoms with E-state index in [0.717, 1.165) is 25.9 Å². The first-order chi connectivity index (χ1) is 12.5. The minimum absolute atomic E-state index is 0.0437. The summed E-state index contributed by atoms with van der Waals surface area (Å²) >= 11 is 6.37. The largest absolute Gasteiger partial charge is 0.368 e. The number of rotatable bonds is 3. The molecule has 2 atom stereocenters. The van der Waals surface area contributed by atoms with Crippen molar-refractivity contribution < 1.29 is 4.92 Å². The fourth-order valence-electron chi connectivity index (χ4n) is 3.76. The third kappa shape index (κ3) is 2.88. The maximum absolute atomic E-state index is 12.7. The molecule has 1 fully saturated rings. The number of nitro benzene ring substituents is 1. The highest BCUT2D eigenvalue weighted by Gasteiger charge is 2.34. The number of aromatic nitrogens is 2. The van der Waals surface area contributed by atoms with Gasteiger partial charge in [0, 0.05) is 25.2 Å². The van der Waals surface area contributed by atoms with Gasteiger partial charge in [0.1, 0.15) is 5.02 Å². The SMILES string of the molecule is O=c1c(Cl)c(N2CC3CC=CCC3C2)cnn1-c1ccc([N+](=O)[O-])cc1. The second-order valence-electron chi connectivity index (χ2n) is 6.70. The molecular formula is C18H17ClN4O3. The predicted molar refractivity (Wildman–Crippen MR) is 99.1 cm³/mol. The summed E-state index contributed by atoms with van der Waals surface area (Å²) in [7, 11) is 0. The molecule has 2 heterocycles. The molecule has 0 bridgehead atoms. The quantitative estimate of drug-likeness (QED) is 0.469. The van der Waals surface area contributed by atoms with E-state index in [1.807, 2.05) is 0 Å². The monoisotopic (exact) mass is 372 g/mol. The van der Waals surface area contributed by atoms with Gasteiger partial charge < -0.3 is 4.90 Å². The molecule has 2 aliphatic rings. The minimum atomic E-state index is -0.488. The summed E-state index contributed by atoms with van der Waals surface area (Å²) in [5.74, 6) is 1.18. The van der Waals surface area contributed by atoms with Crippen LogP contribution in [0, 0.1) is 22.0 Å². The van der Waals surface area contributed by atoms with Crippen molar-refractivity contribution in [1.82, 2.24) is 9.78 Å². The number of fused-ring (bicyclic) bond motifs is 1. The molecule has 134 valence electrons. The standard InChI is InChI=1S/C18H17ClN4O3/c19-17-16(21-10-12-3-1-2-4-13(12)11-21)9-20-22(18(17)24)14-5-7-15(8-6-14)23(25)26/h1-2,5-9,12-13H,3-4,10-11H2. The number of non-ortho nitro benzene ring substituents is 1. The van der Waals surface area contributed by atoms with Gasteiger partial charge in [0.25, 0.3) is 11.2 Å². The molecule has 8 heteroatoms. The molecule has 0 saturated carbocycles. The van der Waals surface area contributed by atoms with Crippen LogP contribution in [0.15, 0.2) is 47.4 Å². The second-order valence-corrected chi connectivity index (χ2v) is 7.08. The van der Waals surface area contributed by atoms with Gasteiger partial charge in [-0.1, -0.05) is 23.8 Å². The van der Waals surface area contributed by atoms with Crippen molar-refractivity contribution in [1.29, 1.82) is 0 Å². The summed E-state index contributed by atoms with van der Waals surface area (Å²) in [4.78, 5) is 25.1. The van der Waals surface area contributed by atoms with Crippen LogP contribution in [0.25, 0.3) is 5.69 Å². The van der Waals surface area contributed by atoms with E-state index in [4.69, 9.17) is 11.6 Å². The Balaban J connectivity index is 1.63. The molecule has 1 saturated heterocycles. The highest BCUT2D eigenvalue weighted by atomic mass is 35.5. The van der Waals surface area contributed by atoms with E-state index >= 15 is 0 Å². The fraction of sp³-hybridized carbons (Fsp3) is 0.333. The van der Waals surface area contributed by atoms with Gasteiger partial charge in [0.15, 0.2) is 0 Å².